The topological polar surface area (TPSA) is 64.2 Å². The number of esters is 1. The SMILES string of the molecule is CSc1ccc(OCCOC(=O)C2CCc3[nH]ncc3C2C)cc1. The van der Waals surface area contributed by atoms with Crippen LogP contribution in [0.2, 0.25) is 0 Å². The second-order valence-corrected chi connectivity index (χ2v) is 6.81. The summed E-state index contributed by atoms with van der Waals surface area (Å²) >= 11 is 1.69. The van der Waals surface area contributed by atoms with E-state index in [9.17, 15) is 4.79 Å². The number of benzene rings is 1. The van der Waals surface area contributed by atoms with Gasteiger partial charge in [-0.15, -0.1) is 11.8 Å². The molecule has 1 N–H and O–H groups in total. The van der Waals surface area contributed by atoms with E-state index >= 15 is 0 Å². The Kier molecular flexibility index (Phi) is 5.45. The second-order valence-electron chi connectivity index (χ2n) is 5.93. The lowest BCUT2D eigenvalue weighted by Crippen LogP contribution is -2.28. The van der Waals surface area contributed by atoms with Crippen molar-refractivity contribution in [2.24, 2.45) is 5.92 Å². The van der Waals surface area contributed by atoms with Crippen molar-refractivity contribution in [1.82, 2.24) is 10.2 Å². The molecule has 128 valence electrons. The molecule has 0 radical (unpaired) electrons. The van der Waals surface area contributed by atoms with Gasteiger partial charge < -0.3 is 9.47 Å². The van der Waals surface area contributed by atoms with Crippen molar-refractivity contribution in [2.45, 2.75) is 30.6 Å². The molecule has 0 amide bonds. The molecule has 1 aliphatic carbocycles. The lowest BCUT2D eigenvalue weighted by Gasteiger charge is -2.26. The first-order valence-electron chi connectivity index (χ1n) is 8.14. The van der Waals surface area contributed by atoms with Crippen LogP contribution >= 0.6 is 11.8 Å². The van der Waals surface area contributed by atoms with E-state index < -0.39 is 0 Å². The van der Waals surface area contributed by atoms with Gasteiger partial charge >= 0.3 is 5.97 Å². The number of thioether (sulfide) groups is 1. The number of carbonyl (C=O) groups is 1. The Bertz CT molecular complexity index is 684. The van der Waals surface area contributed by atoms with Gasteiger partial charge in [0, 0.05) is 10.6 Å². The summed E-state index contributed by atoms with van der Waals surface area (Å²) in [7, 11) is 0. The molecule has 1 aromatic carbocycles. The standard InChI is InChI=1S/C18H22N2O3S/c1-12-15(7-8-17-16(12)11-19-20-17)18(21)23-10-9-22-13-3-5-14(24-2)6-4-13/h3-6,11-12,15H,7-10H2,1-2H3,(H,19,20). The molecule has 1 aliphatic rings. The zero-order valence-corrected chi connectivity index (χ0v) is 14.8. The Balaban J connectivity index is 1.44. The summed E-state index contributed by atoms with van der Waals surface area (Å²) < 4.78 is 11.0. The number of hydrogen-bond acceptors (Lipinski definition) is 5. The number of hydrogen-bond donors (Lipinski definition) is 1. The van der Waals surface area contributed by atoms with Gasteiger partial charge in [0.15, 0.2) is 0 Å². The molecular formula is C18H22N2O3S. The van der Waals surface area contributed by atoms with Crippen molar-refractivity contribution >= 4 is 17.7 Å². The van der Waals surface area contributed by atoms with Gasteiger partial charge in [-0.1, -0.05) is 6.92 Å². The molecule has 0 saturated heterocycles. The quantitative estimate of drug-likeness (QED) is 0.493. The average Bonchev–Trinajstić information content (AvgIpc) is 3.09. The lowest BCUT2D eigenvalue weighted by molar-refractivity contribution is -0.150. The maximum atomic E-state index is 12.3. The van der Waals surface area contributed by atoms with Crippen LogP contribution < -0.4 is 4.74 Å². The summed E-state index contributed by atoms with van der Waals surface area (Å²) in [6.45, 7) is 2.69. The van der Waals surface area contributed by atoms with Crippen molar-refractivity contribution in [3.05, 3.63) is 41.7 Å². The third-order valence-electron chi connectivity index (χ3n) is 4.51. The minimum Gasteiger partial charge on any atom is -0.490 e. The number of nitrogens with zero attached hydrogens (tertiary/aromatic N) is 1. The largest absolute Gasteiger partial charge is 0.490 e. The Morgan fingerprint density at radius 2 is 2.12 bits per heavy atom. The van der Waals surface area contributed by atoms with Gasteiger partial charge in [-0.2, -0.15) is 5.10 Å². The summed E-state index contributed by atoms with van der Waals surface area (Å²) in [6.07, 6.45) is 5.50. The molecule has 1 heterocycles. The molecular weight excluding hydrogens is 324 g/mol. The van der Waals surface area contributed by atoms with Crippen molar-refractivity contribution in [3.8, 4) is 5.75 Å². The van der Waals surface area contributed by atoms with E-state index in [0.29, 0.717) is 6.61 Å². The van der Waals surface area contributed by atoms with E-state index in [-0.39, 0.29) is 24.4 Å². The number of rotatable bonds is 6. The smallest absolute Gasteiger partial charge is 0.309 e. The summed E-state index contributed by atoms with van der Waals surface area (Å²) in [5.41, 5.74) is 2.27. The monoisotopic (exact) mass is 346 g/mol. The maximum Gasteiger partial charge on any atom is 0.309 e. The molecule has 1 aromatic heterocycles. The molecule has 0 bridgehead atoms. The number of carbonyl (C=O) groups excluding carboxylic acids is 1. The predicted octanol–water partition coefficient (Wildman–Crippen LogP) is 3.42. The summed E-state index contributed by atoms with van der Waals surface area (Å²) in [5.74, 6) is 0.685. The van der Waals surface area contributed by atoms with E-state index in [1.807, 2.05) is 36.7 Å². The summed E-state index contributed by atoms with van der Waals surface area (Å²) in [4.78, 5) is 13.5. The zero-order valence-electron chi connectivity index (χ0n) is 14.0. The lowest BCUT2D eigenvalue weighted by atomic mass is 9.79. The first kappa shape index (κ1) is 16.9. The highest BCUT2D eigenvalue weighted by atomic mass is 32.2. The minimum atomic E-state index is -0.143. The summed E-state index contributed by atoms with van der Waals surface area (Å²) in [6, 6.07) is 7.88. The molecule has 5 nitrogen and oxygen atoms in total. The fourth-order valence-corrected chi connectivity index (χ4v) is 3.49. The molecule has 0 spiro atoms. The fourth-order valence-electron chi connectivity index (χ4n) is 3.08. The van der Waals surface area contributed by atoms with Gasteiger partial charge in [0.1, 0.15) is 19.0 Å². The first-order valence-corrected chi connectivity index (χ1v) is 9.37. The Morgan fingerprint density at radius 1 is 1.33 bits per heavy atom. The highest BCUT2D eigenvalue weighted by Crippen LogP contribution is 2.35. The van der Waals surface area contributed by atoms with E-state index in [4.69, 9.17) is 9.47 Å². The number of ether oxygens (including phenoxy) is 2. The molecule has 0 fully saturated rings. The molecule has 3 rings (SSSR count). The minimum absolute atomic E-state index is 0.101. The van der Waals surface area contributed by atoms with Crippen LogP contribution in [0.1, 0.15) is 30.5 Å². The van der Waals surface area contributed by atoms with Crippen molar-refractivity contribution in [3.63, 3.8) is 0 Å². The fraction of sp³-hybridized carbons (Fsp3) is 0.444. The van der Waals surface area contributed by atoms with Crippen LogP contribution in [0.3, 0.4) is 0 Å². The van der Waals surface area contributed by atoms with Crippen molar-refractivity contribution in [1.29, 1.82) is 0 Å². The van der Waals surface area contributed by atoms with Crippen molar-refractivity contribution < 1.29 is 14.3 Å². The molecule has 2 atom stereocenters. The Labute approximate surface area is 146 Å². The van der Waals surface area contributed by atoms with Gasteiger partial charge in [-0.3, -0.25) is 9.89 Å². The average molecular weight is 346 g/mol. The second kappa shape index (κ2) is 7.75. The Morgan fingerprint density at radius 3 is 2.88 bits per heavy atom. The number of H-pyrrole nitrogens is 1. The van der Waals surface area contributed by atoms with Gasteiger partial charge in [0.2, 0.25) is 0 Å². The number of aromatic nitrogens is 2. The van der Waals surface area contributed by atoms with Gasteiger partial charge in [-0.25, -0.2) is 0 Å². The molecule has 0 saturated carbocycles. The molecule has 6 heteroatoms. The van der Waals surface area contributed by atoms with Crippen LogP contribution in [0.25, 0.3) is 0 Å². The van der Waals surface area contributed by atoms with Crippen LogP contribution in [-0.2, 0) is 16.0 Å². The third kappa shape index (κ3) is 3.75. The molecule has 2 aromatic rings. The van der Waals surface area contributed by atoms with E-state index in [1.165, 1.54) is 4.90 Å². The van der Waals surface area contributed by atoms with Crippen molar-refractivity contribution in [2.75, 3.05) is 19.5 Å². The highest BCUT2D eigenvalue weighted by Gasteiger charge is 2.33. The molecule has 2 unspecified atom stereocenters. The predicted molar refractivity (Wildman–Crippen MR) is 93.5 cm³/mol. The van der Waals surface area contributed by atoms with E-state index in [1.54, 1.807) is 11.8 Å². The zero-order chi connectivity index (χ0) is 16.9. The highest BCUT2D eigenvalue weighted by molar-refractivity contribution is 7.98. The van der Waals surface area contributed by atoms with Gasteiger partial charge in [0.05, 0.1) is 12.1 Å². The normalized spacial score (nSPS) is 19.6. The van der Waals surface area contributed by atoms with Crippen LogP contribution in [0.4, 0.5) is 0 Å². The van der Waals surface area contributed by atoms with Crippen LogP contribution in [-0.4, -0.2) is 35.6 Å². The third-order valence-corrected chi connectivity index (χ3v) is 5.25. The first-order chi connectivity index (χ1) is 11.7. The van der Waals surface area contributed by atoms with E-state index in [0.717, 1.165) is 29.8 Å². The molecule has 24 heavy (non-hydrogen) atoms. The Hall–Kier alpha value is -1.95. The maximum absolute atomic E-state index is 12.3. The summed E-state index contributed by atoms with van der Waals surface area (Å²) in [5, 5.41) is 7.07. The number of nitrogens with one attached hydrogen (secondary N) is 1. The van der Waals surface area contributed by atoms with E-state index in [2.05, 4.69) is 17.1 Å². The number of aryl methyl sites for hydroxylation is 1. The van der Waals surface area contributed by atoms with Gasteiger partial charge in [0.25, 0.3) is 0 Å². The van der Waals surface area contributed by atoms with Crippen LogP contribution in [0.5, 0.6) is 5.75 Å². The number of fused-ring (bicyclic) bond motifs is 1. The van der Waals surface area contributed by atoms with Gasteiger partial charge in [-0.05, 0) is 54.8 Å². The van der Waals surface area contributed by atoms with Crippen LogP contribution in [0.15, 0.2) is 35.4 Å². The molecule has 0 aliphatic heterocycles. The van der Waals surface area contributed by atoms with Crippen LogP contribution in [0, 0.1) is 5.92 Å². The number of aromatic amines is 1.